The number of esters is 4. The monoisotopic (exact) mass is 458 g/mol. The Hall–Kier alpha value is -3.28. The van der Waals surface area contributed by atoms with Gasteiger partial charge in [0.1, 0.15) is 0 Å². The fraction of sp³-hybridized carbons (Fsp3) is 0.421. The van der Waals surface area contributed by atoms with Crippen LogP contribution in [0.25, 0.3) is 0 Å². The molecule has 1 aromatic rings. The molecule has 0 heterocycles. The van der Waals surface area contributed by atoms with Crippen molar-refractivity contribution in [2.75, 3.05) is 26.1 Å². The summed E-state index contributed by atoms with van der Waals surface area (Å²) in [6, 6.07) is 5.14. The molecule has 31 heavy (non-hydrogen) atoms. The lowest BCUT2D eigenvalue weighted by atomic mass is 10.0. The highest BCUT2D eigenvalue weighted by atomic mass is 32.2. The first-order chi connectivity index (χ1) is 14.4. The maximum absolute atomic E-state index is 12.5. The summed E-state index contributed by atoms with van der Waals surface area (Å²) in [5.41, 5.74) is 0.142. The fourth-order valence-electron chi connectivity index (χ4n) is 2.09. The van der Waals surface area contributed by atoms with Crippen LogP contribution in [0.4, 0.5) is 0 Å². The van der Waals surface area contributed by atoms with Crippen LogP contribution in [0.2, 0.25) is 0 Å². The summed E-state index contributed by atoms with van der Waals surface area (Å²) in [5, 5.41) is 0. The quantitative estimate of drug-likeness (QED) is 0.254. The van der Waals surface area contributed by atoms with Crippen LogP contribution in [-0.2, 0) is 48.0 Å². The summed E-state index contributed by atoms with van der Waals surface area (Å²) in [6.07, 6.45) is -0.0141. The molecule has 0 aliphatic rings. The van der Waals surface area contributed by atoms with Crippen molar-refractivity contribution >= 4 is 39.5 Å². The van der Waals surface area contributed by atoms with E-state index in [1.807, 2.05) is 0 Å². The number of ether oxygens (including phenoxy) is 4. The van der Waals surface area contributed by atoms with Crippen LogP contribution in [0.3, 0.4) is 0 Å². The van der Waals surface area contributed by atoms with Gasteiger partial charge in [-0.1, -0.05) is 6.92 Å². The van der Waals surface area contributed by atoms with Gasteiger partial charge in [-0.2, -0.15) is 0 Å². The predicted octanol–water partition coefficient (Wildman–Crippen LogP) is 0.244. The zero-order valence-electron chi connectivity index (χ0n) is 17.1. The van der Waals surface area contributed by atoms with Gasteiger partial charge in [-0.15, -0.1) is 0 Å². The molecule has 11 nitrogen and oxygen atoms in total. The van der Waals surface area contributed by atoms with E-state index in [9.17, 15) is 32.4 Å². The Morgan fingerprint density at radius 3 is 1.77 bits per heavy atom. The van der Waals surface area contributed by atoms with Crippen LogP contribution < -0.4 is 0 Å². The molecule has 0 fully saturated rings. The van der Waals surface area contributed by atoms with Crippen LogP contribution >= 0.6 is 0 Å². The minimum atomic E-state index is -3.42. The lowest BCUT2D eigenvalue weighted by molar-refractivity contribution is -0.168. The number of benzene rings is 1. The Labute approximate surface area is 178 Å². The third-order valence-corrected chi connectivity index (χ3v) is 4.73. The molecule has 0 N–H and O–H groups in total. The van der Waals surface area contributed by atoms with Gasteiger partial charge in [-0.05, 0) is 30.7 Å². The van der Waals surface area contributed by atoms with Crippen molar-refractivity contribution in [2.45, 2.75) is 31.3 Å². The second-order valence-electron chi connectivity index (χ2n) is 6.15. The molecule has 0 aliphatic carbocycles. The topological polar surface area (TPSA) is 156 Å². The number of hydrogen-bond donors (Lipinski definition) is 0. The first kappa shape index (κ1) is 25.8. The molecular formula is C19H22O11S. The van der Waals surface area contributed by atoms with Gasteiger partial charge < -0.3 is 18.9 Å². The average Bonchev–Trinajstić information content (AvgIpc) is 2.71. The van der Waals surface area contributed by atoms with Gasteiger partial charge in [0.15, 0.2) is 35.8 Å². The number of sulfone groups is 1. The number of hydrogen-bond acceptors (Lipinski definition) is 11. The Kier molecular flexibility index (Phi) is 9.80. The molecule has 1 aromatic carbocycles. The molecule has 12 heteroatoms. The molecule has 170 valence electrons. The van der Waals surface area contributed by atoms with E-state index in [1.165, 1.54) is 24.3 Å². The number of Topliss-reactive ketones (excluding diaryl/α,β-unsaturated/α-hetero) is 1. The Morgan fingerprint density at radius 1 is 0.839 bits per heavy atom. The number of rotatable bonds is 11. The van der Waals surface area contributed by atoms with Gasteiger partial charge in [-0.25, -0.2) is 22.8 Å². The minimum Gasteiger partial charge on any atom is -0.454 e. The van der Waals surface area contributed by atoms with E-state index in [4.69, 9.17) is 4.74 Å². The predicted molar refractivity (Wildman–Crippen MR) is 103 cm³/mol. The third-order valence-electron chi connectivity index (χ3n) is 3.60. The van der Waals surface area contributed by atoms with Gasteiger partial charge in [0, 0.05) is 18.7 Å². The van der Waals surface area contributed by atoms with Crippen LogP contribution in [-0.4, -0.2) is 70.3 Å². The van der Waals surface area contributed by atoms with E-state index in [1.54, 1.807) is 6.92 Å². The van der Waals surface area contributed by atoms with Gasteiger partial charge >= 0.3 is 23.9 Å². The summed E-state index contributed by atoms with van der Waals surface area (Å²) >= 11 is 0. The SMILES string of the molecule is CCC(OC(=O)COC(=O)COC(=O)COC(C)=O)C(=O)c1ccc(S(C)(=O)=O)cc1. The summed E-state index contributed by atoms with van der Waals surface area (Å²) in [4.78, 5) is 57.6. The molecule has 0 bridgehead atoms. The zero-order valence-corrected chi connectivity index (χ0v) is 17.9. The molecule has 1 rings (SSSR count). The fourth-order valence-corrected chi connectivity index (χ4v) is 2.72. The highest BCUT2D eigenvalue weighted by Gasteiger charge is 2.24. The first-order valence-corrected chi connectivity index (χ1v) is 10.8. The van der Waals surface area contributed by atoms with Gasteiger partial charge in [0.05, 0.1) is 4.90 Å². The van der Waals surface area contributed by atoms with E-state index in [0.29, 0.717) is 0 Å². The van der Waals surface area contributed by atoms with E-state index in [0.717, 1.165) is 13.2 Å². The summed E-state index contributed by atoms with van der Waals surface area (Å²) in [7, 11) is -3.42. The normalized spacial score (nSPS) is 11.7. The van der Waals surface area contributed by atoms with E-state index in [-0.39, 0.29) is 16.9 Å². The lowest BCUT2D eigenvalue weighted by Crippen LogP contribution is -2.30. The number of carbonyl (C=O) groups is 5. The van der Waals surface area contributed by atoms with Crippen molar-refractivity contribution in [3.63, 3.8) is 0 Å². The molecule has 0 aromatic heterocycles. The summed E-state index contributed by atoms with van der Waals surface area (Å²) in [5.74, 6) is -4.29. The van der Waals surface area contributed by atoms with Crippen molar-refractivity contribution in [1.29, 1.82) is 0 Å². The van der Waals surface area contributed by atoms with Gasteiger partial charge in [0.25, 0.3) is 0 Å². The summed E-state index contributed by atoms with van der Waals surface area (Å²) < 4.78 is 41.4. The molecule has 0 saturated carbocycles. The first-order valence-electron chi connectivity index (χ1n) is 8.92. The minimum absolute atomic E-state index is 0.0366. The number of carbonyl (C=O) groups excluding carboxylic acids is 5. The zero-order chi connectivity index (χ0) is 23.6. The summed E-state index contributed by atoms with van der Waals surface area (Å²) in [6.45, 7) is 0.380. The second kappa shape index (κ2) is 11.8. The van der Waals surface area contributed by atoms with Crippen molar-refractivity contribution in [2.24, 2.45) is 0 Å². The largest absolute Gasteiger partial charge is 0.454 e. The Balaban J connectivity index is 2.51. The molecule has 0 spiro atoms. The molecule has 0 radical (unpaired) electrons. The lowest BCUT2D eigenvalue weighted by Gasteiger charge is -2.15. The van der Waals surface area contributed by atoms with Crippen LogP contribution in [0.5, 0.6) is 0 Å². The standard InChI is InChI=1S/C19H22O11S/c1-4-15(19(24)13-5-7-14(8-6-13)31(3,25)26)30-18(23)11-29-17(22)10-28-16(21)9-27-12(2)20/h5-8,15H,4,9-11H2,1-3H3. The highest BCUT2D eigenvalue weighted by Crippen LogP contribution is 2.14. The smallest absolute Gasteiger partial charge is 0.345 e. The Bertz CT molecular complexity index is 932. The van der Waals surface area contributed by atoms with Crippen LogP contribution in [0, 0.1) is 0 Å². The van der Waals surface area contributed by atoms with E-state index < -0.39 is 65.4 Å². The highest BCUT2D eigenvalue weighted by molar-refractivity contribution is 7.90. The third kappa shape index (κ3) is 9.38. The van der Waals surface area contributed by atoms with Crippen molar-refractivity contribution in [1.82, 2.24) is 0 Å². The molecule has 1 atom stereocenters. The van der Waals surface area contributed by atoms with Crippen molar-refractivity contribution < 1.29 is 51.3 Å². The van der Waals surface area contributed by atoms with Crippen molar-refractivity contribution in [3.8, 4) is 0 Å². The van der Waals surface area contributed by atoms with E-state index in [2.05, 4.69) is 14.2 Å². The average molecular weight is 458 g/mol. The number of ketones is 1. The van der Waals surface area contributed by atoms with Gasteiger partial charge in [-0.3, -0.25) is 9.59 Å². The molecule has 0 saturated heterocycles. The Morgan fingerprint density at radius 2 is 1.32 bits per heavy atom. The van der Waals surface area contributed by atoms with Crippen LogP contribution in [0.15, 0.2) is 29.2 Å². The van der Waals surface area contributed by atoms with Crippen LogP contribution in [0.1, 0.15) is 30.6 Å². The van der Waals surface area contributed by atoms with E-state index >= 15 is 0 Å². The molecule has 1 unspecified atom stereocenters. The van der Waals surface area contributed by atoms with Crippen molar-refractivity contribution in [3.05, 3.63) is 29.8 Å². The maximum Gasteiger partial charge on any atom is 0.345 e. The molecule has 0 aliphatic heterocycles. The maximum atomic E-state index is 12.5. The second-order valence-corrected chi connectivity index (χ2v) is 8.16. The van der Waals surface area contributed by atoms with Gasteiger partial charge in [0.2, 0.25) is 5.78 Å². The molecule has 0 amide bonds. The molecular weight excluding hydrogens is 436 g/mol.